The minimum absolute atomic E-state index is 0.0623. The Labute approximate surface area is 179 Å². The van der Waals surface area contributed by atoms with Crippen LogP contribution in [0, 0.1) is 0 Å². The second kappa shape index (κ2) is 7.86. The second-order valence-corrected chi connectivity index (χ2v) is 8.10. The predicted molar refractivity (Wildman–Crippen MR) is 109 cm³/mol. The Morgan fingerprint density at radius 3 is 2.42 bits per heavy atom. The number of hydrogen-bond acceptors (Lipinski definition) is 7. The Morgan fingerprint density at radius 1 is 1.10 bits per heavy atom. The molecule has 0 radical (unpaired) electrons. The van der Waals surface area contributed by atoms with Crippen molar-refractivity contribution in [1.82, 2.24) is 25.8 Å². The minimum Gasteiger partial charge on any atom is -0.357 e. The summed E-state index contributed by atoms with van der Waals surface area (Å²) in [5, 5.41) is 8.16. The number of piperidine rings is 1. The zero-order valence-electron chi connectivity index (χ0n) is 17.5. The third-order valence-electron chi connectivity index (χ3n) is 6.42. The molecule has 4 rings (SSSR count). The van der Waals surface area contributed by atoms with Gasteiger partial charge in [-0.2, -0.15) is 0 Å². The number of nitrogens with one attached hydrogen (secondary N) is 3. The summed E-state index contributed by atoms with van der Waals surface area (Å²) in [7, 11) is 1.57. The lowest BCUT2D eigenvalue weighted by molar-refractivity contribution is -0.136. The van der Waals surface area contributed by atoms with Crippen LogP contribution in [0.15, 0.2) is 18.2 Å². The monoisotopic (exact) mass is 427 g/mol. The molecule has 0 aliphatic carbocycles. The Balaban J connectivity index is 1.71. The van der Waals surface area contributed by atoms with Crippen molar-refractivity contribution in [1.29, 1.82) is 0 Å². The molecule has 3 aliphatic heterocycles. The van der Waals surface area contributed by atoms with Crippen molar-refractivity contribution in [2.24, 2.45) is 0 Å². The van der Waals surface area contributed by atoms with E-state index in [0.29, 0.717) is 18.7 Å². The fourth-order valence-electron chi connectivity index (χ4n) is 4.59. The molecule has 2 unspecified atom stereocenters. The van der Waals surface area contributed by atoms with Gasteiger partial charge in [0.15, 0.2) is 0 Å². The van der Waals surface area contributed by atoms with Crippen molar-refractivity contribution >= 4 is 29.5 Å². The molecule has 0 saturated carbocycles. The van der Waals surface area contributed by atoms with Gasteiger partial charge >= 0.3 is 0 Å². The summed E-state index contributed by atoms with van der Waals surface area (Å²) in [6, 6.07) is 3.79. The average Bonchev–Trinajstić information content (AvgIpc) is 3.03. The van der Waals surface area contributed by atoms with Crippen LogP contribution >= 0.6 is 0 Å². The van der Waals surface area contributed by atoms with Gasteiger partial charge in [0.1, 0.15) is 11.6 Å². The predicted octanol–water partition coefficient (Wildman–Crippen LogP) is -1.05. The third-order valence-corrected chi connectivity index (χ3v) is 6.42. The average molecular weight is 427 g/mol. The van der Waals surface area contributed by atoms with E-state index in [1.807, 2.05) is 4.90 Å². The van der Waals surface area contributed by atoms with Crippen molar-refractivity contribution in [3.63, 3.8) is 0 Å². The zero-order chi connectivity index (χ0) is 22.3. The van der Waals surface area contributed by atoms with E-state index in [1.54, 1.807) is 32.2 Å². The van der Waals surface area contributed by atoms with Gasteiger partial charge < -0.3 is 10.6 Å². The molecule has 5 amide bonds. The van der Waals surface area contributed by atoms with Crippen LogP contribution in [-0.2, 0) is 19.9 Å². The molecule has 3 heterocycles. The molecule has 3 aliphatic rings. The maximum Gasteiger partial charge on any atom is 0.262 e. The van der Waals surface area contributed by atoms with Gasteiger partial charge in [-0.25, -0.2) is 0 Å². The fraction of sp³-hybridized carbons (Fsp3) is 0.476. The molecule has 1 aromatic rings. The summed E-state index contributed by atoms with van der Waals surface area (Å²) < 4.78 is 0. The number of likely N-dealkylation sites (N-methyl/N-ethyl adjacent to an activating group) is 1. The van der Waals surface area contributed by atoms with Crippen LogP contribution in [0.5, 0.6) is 0 Å². The highest BCUT2D eigenvalue weighted by Crippen LogP contribution is 2.34. The van der Waals surface area contributed by atoms with E-state index < -0.39 is 35.2 Å². The summed E-state index contributed by atoms with van der Waals surface area (Å²) in [6.07, 6.45) is 0.159. The number of rotatable bonds is 4. The molecule has 0 spiro atoms. The molecule has 164 valence electrons. The number of imide groups is 2. The number of benzene rings is 1. The van der Waals surface area contributed by atoms with E-state index in [1.165, 1.54) is 0 Å². The minimum atomic E-state index is -1.03. The lowest BCUT2D eigenvalue weighted by Crippen LogP contribution is -2.59. The van der Waals surface area contributed by atoms with E-state index in [-0.39, 0.29) is 29.9 Å². The van der Waals surface area contributed by atoms with Gasteiger partial charge in [0.25, 0.3) is 11.8 Å². The van der Waals surface area contributed by atoms with Gasteiger partial charge in [-0.05, 0) is 31.0 Å². The first kappa shape index (κ1) is 21.1. The van der Waals surface area contributed by atoms with Crippen LogP contribution in [0.2, 0.25) is 0 Å². The zero-order valence-corrected chi connectivity index (χ0v) is 17.5. The molecule has 10 heteroatoms. The third kappa shape index (κ3) is 3.31. The first-order valence-corrected chi connectivity index (χ1v) is 10.3. The van der Waals surface area contributed by atoms with Gasteiger partial charge in [-0.3, -0.25) is 39.1 Å². The van der Waals surface area contributed by atoms with E-state index in [4.69, 9.17) is 0 Å². The van der Waals surface area contributed by atoms with E-state index in [2.05, 4.69) is 16.0 Å². The highest BCUT2D eigenvalue weighted by Gasteiger charge is 2.47. The second-order valence-electron chi connectivity index (χ2n) is 8.10. The topological polar surface area (TPSA) is 128 Å². The Morgan fingerprint density at radius 2 is 1.77 bits per heavy atom. The molecule has 2 saturated heterocycles. The highest BCUT2D eigenvalue weighted by atomic mass is 16.2. The quantitative estimate of drug-likeness (QED) is 0.524. The number of fused-ring (bicyclic) bond motifs is 1. The van der Waals surface area contributed by atoms with Crippen LogP contribution in [0.1, 0.15) is 46.0 Å². The normalized spacial score (nSPS) is 23.9. The van der Waals surface area contributed by atoms with Crippen molar-refractivity contribution < 1.29 is 24.0 Å². The van der Waals surface area contributed by atoms with Gasteiger partial charge in [0, 0.05) is 39.6 Å². The van der Waals surface area contributed by atoms with Crippen molar-refractivity contribution in [3.05, 3.63) is 34.9 Å². The summed E-state index contributed by atoms with van der Waals surface area (Å²) >= 11 is 0. The van der Waals surface area contributed by atoms with Crippen LogP contribution in [-0.4, -0.2) is 78.6 Å². The maximum atomic E-state index is 13.1. The Kier molecular flexibility index (Phi) is 5.36. The van der Waals surface area contributed by atoms with Gasteiger partial charge in [-0.1, -0.05) is 6.07 Å². The number of amides is 5. The Bertz CT molecular complexity index is 986. The number of carbonyl (C=O) groups is 5. The fourth-order valence-corrected chi connectivity index (χ4v) is 4.59. The summed E-state index contributed by atoms with van der Waals surface area (Å²) in [5.74, 6) is -2.44. The van der Waals surface area contributed by atoms with Crippen molar-refractivity contribution in [2.45, 2.75) is 31.3 Å². The summed E-state index contributed by atoms with van der Waals surface area (Å²) in [5.41, 5.74) is -0.0775. The highest BCUT2D eigenvalue weighted by molar-refractivity contribution is 6.23. The maximum absolute atomic E-state index is 13.1. The SMILES string of the molecule is CNC(=O)C(C)(c1ccc2c(c1)C(=O)N(C1CCC(=O)NC1=O)C2=O)N1CCNCC1. The number of carbonyl (C=O) groups excluding carboxylic acids is 5. The number of hydrogen-bond donors (Lipinski definition) is 3. The largest absolute Gasteiger partial charge is 0.357 e. The van der Waals surface area contributed by atoms with Crippen molar-refractivity contribution in [3.8, 4) is 0 Å². The first-order chi connectivity index (χ1) is 14.8. The molecule has 1 aromatic carbocycles. The first-order valence-electron chi connectivity index (χ1n) is 10.3. The molecule has 10 nitrogen and oxygen atoms in total. The Hall–Kier alpha value is -3.11. The van der Waals surface area contributed by atoms with Gasteiger partial charge in [0.05, 0.1) is 11.1 Å². The summed E-state index contributed by atoms with van der Waals surface area (Å²) in [4.78, 5) is 65.7. The van der Waals surface area contributed by atoms with Gasteiger partial charge in [-0.15, -0.1) is 0 Å². The van der Waals surface area contributed by atoms with E-state index in [0.717, 1.165) is 18.0 Å². The standard InChI is InChI=1S/C21H25N5O5/c1-21(20(31)22-2,25-9-7-23-8-10-25)12-3-4-13-14(11-12)19(30)26(18(13)29)15-5-6-16(27)24-17(15)28/h3-4,11,15,23H,5-10H2,1-2H3,(H,22,31)(H,24,27,28). The molecule has 3 N–H and O–H groups in total. The molecular weight excluding hydrogens is 402 g/mol. The number of piperazine rings is 1. The van der Waals surface area contributed by atoms with Gasteiger partial charge in [0.2, 0.25) is 17.7 Å². The smallest absolute Gasteiger partial charge is 0.262 e. The molecule has 0 aromatic heterocycles. The molecule has 0 bridgehead atoms. The summed E-state index contributed by atoms with van der Waals surface area (Å²) in [6.45, 7) is 4.57. The molecule has 2 fully saturated rings. The van der Waals surface area contributed by atoms with E-state index >= 15 is 0 Å². The molecule has 31 heavy (non-hydrogen) atoms. The molecule has 2 atom stereocenters. The van der Waals surface area contributed by atoms with E-state index in [9.17, 15) is 24.0 Å². The lowest BCUT2D eigenvalue weighted by Gasteiger charge is -2.42. The van der Waals surface area contributed by atoms with Crippen LogP contribution in [0.3, 0.4) is 0 Å². The number of nitrogens with zero attached hydrogens (tertiary/aromatic N) is 2. The molecular formula is C21H25N5O5. The van der Waals surface area contributed by atoms with Crippen LogP contribution in [0.4, 0.5) is 0 Å². The van der Waals surface area contributed by atoms with Crippen LogP contribution in [0.25, 0.3) is 0 Å². The van der Waals surface area contributed by atoms with Crippen LogP contribution < -0.4 is 16.0 Å². The van der Waals surface area contributed by atoms with Crippen molar-refractivity contribution in [2.75, 3.05) is 33.2 Å². The lowest BCUT2D eigenvalue weighted by atomic mass is 9.86.